The summed E-state index contributed by atoms with van der Waals surface area (Å²) in [5.74, 6) is -0.725. The maximum absolute atomic E-state index is 11.2. The first kappa shape index (κ1) is 13.8. The smallest absolute Gasteiger partial charge is 0.338 e. The van der Waals surface area contributed by atoms with Gasteiger partial charge in [-0.15, -0.1) is 0 Å². The number of ether oxygens (including phenoxy) is 2. The Labute approximate surface area is 99.3 Å². The molecule has 0 unspecified atom stereocenters. The number of esters is 1. The third kappa shape index (κ3) is 3.33. The van der Waals surface area contributed by atoms with Crippen molar-refractivity contribution < 1.29 is 19.4 Å². The number of hydrogen-bond donors (Lipinski definition) is 1. The van der Waals surface area contributed by atoms with E-state index >= 15 is 0 Å². The van der Waals surface area contributed by atoms with Crippen LogP contribution in [0, 0.1) is 0 Å². The average Bonchev–Trinajstić information content (AvgIpc) is 2.58. The van der Waals surface area contributed by atoms with E-state index in [0.717, 1.165) is 12.8 Å². The van der Waals surface area contributed by atoms with Crippen LogP contribution in [0.15, 0.2) is 5.11 Å². The third-order valence-corrected chi connectivity index (χ3v) is 2.65. The van der Waals surface area contributed by atoms with Crippen molar-refractivity contribution in [2.75, 3.05) is 6.61 Å². The number of hydrogen-bond acceptors (Lipinski definition) is 5. The van der Waals surface area contributed by atoms with Crippen molar-refractivity contribution in [1.82, 2.24) is 0 Å². The molecule has 7 heteroatoms. The van der Waals surface area contributed by atoms with Gasteiger partial charge in [0.1, 0.15) is 12.2 Å². The molecule has 0 aromatic rings. The van der Waals surface area contributed by atoms with Crippen LogP contribution in [0.1, 0.15) is 26.7 Å². The van der Waals surface area contributed by atoms with Gasteiger partial charge in [0.15, 0.2) is 6.10 Å². The molecule has 1 aliphatic heterocycles. The molecule has 7 nitrogen and oxygen atoms in total. The molecule has 0 bridgehead atoms. The Bertz CT molecular complexity index is 317. The second-order valence-corrected chi connectivity index (χ2v) is 3.98. The molecule has 17 heavy (non-hydrogen) atoms. The molecule has 1 N–H and O–H groups in total. The molecule has 4 atom stereocenters. The molecule has 1 saturated heterocycles. The van der Waals surface area contributed by atoms with Gasteiger partial charge in [0, 0.05) is 11.5 Å². The largest absolute Gasteiger partial charge is 0.457 e. The van der Waals surface area contributed by atoms with E-state index in [2.05, 4.69) is 10.0 Å². The Hall–Kier alpha value is -1.30. The third-order valence-electron chi connectivity index (χ3n) is 2.65. The molecule has 1 aliphatic rings. The molecule has 1 rings (SSSR count). The molecule has 96 valence electrons. The number of azide groups is 1. The molecule has 0 amide bonds. The van der Waals surface area contributed by atoms with Crippen LogP contribution >= 0.6 is 0 Å². The van der Waals surface area contributed by atoms with Crippen molar-refractivity contribution in [2.45, 2.75) is 51.0 Å². The van der Waals surface area contributed by atoms with Gasteiger partial charge in [-0.3, -0.25) is 0 Å². The Morgan fingerprint density at radius 3 is 3.00 bits per heavy atom. The molecule has 0 saturated carbocycles. The molecule has 1 fully saturated rings. The van der Waals surface area contributed by atoms with Crippen molar-refractivity contribution >= 4 is 5.97 Å². The molecule has 0 aliphatic carbocycles. The molecular formula is C10H17N3O4. The van der Waals surface area contributed by atoms with E-state index in [9.17, 15) is 9.90 Å². The van der Waals surface area contributed by atoms with Crippen LogP contribution in [-0.4, -0.2) is 42.0 Å². The summed E-state index contributed by atoms with van der Waals surface area (Å²) >= 11 is 0. The molecule has 1 heterocycles. The zero-order chi connectivity index (χ0) is 12.8. The molecule has 0 aromatic heterocycles. The highest BCUT2D eigenvalue weighted by Gasteiger charge is 2.46. The Kier molecular flexibility index (Phi) is 5.21. The first-order valence-electron chi connectivity index (χ1n) is 5.66. The van der Waals surface area contributed by atoms with Crippen LogP contribution < -0.4 is 0 Å². The highest BCUT2D eigenvalue weighted by atomic mass is 16.6. The predicted molar refractivity (Wildman–Crippen MR) is 59.1 cm³/mol. The zero-order valence-electron chi connectivity index (χ0n) is 9.94. The standard InChI is InChI=1S/C10H17N3O4/c1-3-4-5-16-9-7(14)10(15)17-8(9)6(2)12-13-11/h6-9,14H,3-5H2,1-2H3/t6-,7-,8+,9-/m0/s1. The summed E-state index contributed by atoms with van der Waals surface area (Å²) in [5, 5.41) is 13.1. The maximum atomic E-state index is 11.2. The van der Waals surface area contributed by atoms with E-state index < -0.39 is 30.3 Å². The molecule has 0 radical (unpaired) electrons. The first-order valence-corrected chi connectivity index (χ1v) is 5.66. The van der Waals surface area contributed by atoms with Gasteiger partial charge in [0.05, 0.1) is 6.04 Å². The summed E-state index contributed by atoms with van der Waals surface area (Å²) in [5.41, 5.74) is 8.34. The fourth-order valence-electron chi connectivity index (χ4n) is 1.65. The van der Waals surface area contributed by atoms with E-state index in [0.29, 0.717) is 6.61 Å². The van der Waals surface area contributed by atoms with Crippen LogP contribution in [0.25, 0.3) is 10.4 Å². The van der Waals surface area contributed by atoms with Crippen molar-refractivity contribution in [3.05, 3.63) is 10.4 Å². The van der Waals surface area contributed by atoms with Gasteiger partial charge < -0.3 is 14.6 Å². The van der Waals surface area contributed by atoms with E-state index in [1.807, 2.05) is 6.92 Å². The second-order valence-electron chi connectivity index (χ2n) is 3.98. The van der Waals surface area contributed by atoms with Crippen LogP contribution in [0.2, 0.25) is 0 Å². The summed E-state index contributed by atoms with van der Waals surface area (Å²) in [6.07, 6.45) is -0.984. The lowest BCUT2D eigenvalue weighted by molar-refractivity contribution is -0.147. The lowest BCUT2D eigenvalue weighted by Gasteiger charge is -2.21. The summed E-state index contributed by atoms with van der Waals surface area (Å²) < 4.78 is 10.4. The Balaban J connectivity index is 2.66. The summed E-state index contributed by atoms with van der Waals surface area (Å²) in [4.78, 5) is 13.9. The van der Waals surface area contributed by atoms with Crippen LogP contribution in [0.5, 0.6) is 0 Å². The van der Waals surface area contributed by atoms with Gasteiger partial charge in [0.25, 0.3) is 0 Å². The number of carbonyl (C=O) groups is 1. The monoisotopic (exact) mass is 243 g/mol. The average molecular weight is 243 g/mol. The lowest BCUT2D eigenvalue weighted by Crippen LogP contribution is -2.39. The highest BCUT2D eigenvalue weighted by molar-refractivity contribution is 5.77. The number of cyclic esters (lactones) is 1. The topological polar surface area (TPSA) is 105 Å². The van der Waals surface area contributed by atoms with E-state index in [1.54, 1.807) is 6.92 Å². The number of aliphatic hydroxyl groups excluding tert-OH is 1. The lowest BCUT2D eigenvalue weighted by atomic mass is 10.1. The predicted octanol–water partition coefficient (Wildman–Crippen LogP) is 1.16. The summed E-state index contributed by atoms with van der Waals surface area (Å²) in [6.45, 7) is 4.07. The van der Waals surface area contributed by atoms with Gasteiger partial charge in [-0.25, -0.2) is 4.79 Å². The van der Waals surface area contributed by atoms with Gasteiger partial charge >= 0.3 is 5.97 Å². The number of rotatable bonds is 6. The summed E-state index contributed by atoms with van der Waals surface area (Å²) in [7, 11) is 0. The van der Waals surface area contributed by atoms with E-state index in [-0.39, 0.29) is 0 Å². The minimum absolute atomic E-state index is 0.439. The van der Waals surface area contributed by atoms with E-state index in [1.165, 1.54) is 0 Å². The number of nitrogens with zero attached hydrogens (tertiary/aromatic N) is 3. The van der Waals surface area contributed by atoms with Crippen LogP contribution in [-0.2, 0) is 14.3 Å². The molecule has 0 aromatic carbocycles. The van der Waals surface area contributed by atoms with Gasteiger partial charge in [-0.05, 0) is 12.0 Å². The minimum Gasteiger partial charge on any atom is -0.457 e. The quantitative estimate of drug-likeness (QED) is 0.248. The van der Waals surface area contributed by atoms with Crippen molar-refractivity contribution in [1.29, 1.82) is 0 Å². The summed E-state index contributed by atoms with van der Waals surface area (Å²) in [6, 6.07) is -0.562. The van der Waals surface area contributed by atoms with Gasteiger partial charge in [-0.1, -0.05) is 25.4 Å². The van der Waals surface area contributed by atoms with Crippen molar-refractivity contribution in [2.24, 2.45) is 5.11 Å². The van der Waals surface area contributed by atoms with Crippen molar-refractivity contribution in [3.8, 4) is 0 Å². The van der Waals surface area contributed by atoms with Crippen molar-refractivity contribution in [3.63, 3.8) is 0 Å². The number of aliphatic hydroxyl groups is 1. The first-order chi connectivity index (χ1) is 8.11. The van der Waals surface area contributed by atoms with E-state index in [4.69, 9.17) is 15.0 Å². The molecule has 0 spiro atoms. The minimum atomic E-state index is -1.30. The molecular weight excluding hydrogens is 226 g/mol. The highest BCUT2D eigenvalue weighted by Crippen LogP contribution is 2.23. The zero-order valence-corrected chi connectivity index (χ0v) is 9.94. The Morgan fingerprint density at radius 2 is 2.41 bits per heavy atom. The number of unbranched alkanes of at least 4 members (excludes halogenated alkanes) is 1. The maximum Gasteiger partial charge on any atom is 0.338 e. The fraction of sp³-hybridized carbons (Fsp3) is 0.900. The number of carbonyl (C=O) groups excluding carboxylic acids is 1. The fourth-order valence-corrected chi connectivity index (χ4v) is 1.65. The normalized spacial score (nSPS) is 29.6. The second kappa shape index (κ2) is 6.44. The van der Waals surface area contributed by atoms with Gasteiger partial charge in [0.2, 0.25) is 0 Å². The van der Waals surface area contributed by atoms with Gasteiger partial charge in [-0.2, -0.15) is 0 Å². The Morgan fingerprint density at radius 1 is 1.71 bits per heavy atom. The van der Waals surface area contributed by atoms with Crippen LogP contribution in [0.3, 0.4) is 0 Å². The SMILES string of the molecule is CCCCO[C@@H]1[C@@H]([C@H](C)N=[N+]=[N-])OC(=O)[C@H]1O. The van der Waals surface area contributed by atoms with Crippen LogP contribution in [0.4, 0.5) is 0 Å².